The van der Waals surface area contributed by atoms with Crippen LogP contribution in [0.2, 0.25) is 0 Å². The molecule has 10 nitrogen and oxygen atoms in total. The number of unbranched alkanes of at least 4 members (excludes halogenated alkanes) is 17. The quantitative estimate of drug-likeness (QED) is 0.0336. The highest BCUT2D eigenvalue weighted by molar-refractivity contribution is 5.80. The smallest absolute Gasteiger partial charge is 0.249 e. The second kappa shape index (κ2) is 31.4. The van der Waals surface area contributed by atoms with Crippen LogP contribution < -0.4 is 5.32 Å². The molecule has 10 heteroatoms. The highest BCUT2D eigenvalue weighted by atomic mass is 16.7. The third-order valence-corrected chi connectivity index (χ3v) is 11.4. The van der Waals surface area contributed by atoms with E-state index in [2.05, 4.69) is 33.0 Å². The van der Waals surface area contributed by atoms with Gasteiger partial charge in [0, 0.05) is 0 Å². The van der Waals surface area contributed by atoms with Crippen LogP contribution in [0.1, 0.15) is 188 Å². The van der Waals surface area contributed by atoms with Crippen molar-refractivity contribution in [3.63, 3.8) is 0 Å². The molecule has 1 fully saturated rings. The summed E-state index contributed by atoms with van der Waals surface area (Å²) < 4.78 is 11.2. The second-order valence-corrected chi connectivity index (χ2v) is 16.1. The summed E-state index contributed by atoms with van der Waals surface area (Å²) in [4.78, 5) is 13.0. The molecular weight excluding hydrogens is 662 g/mol. The third kappa shape index (κ3) is 22.5. The summed E-state index contributed by atoms with van der Waals surface area (Å²) in [6, 6.07) is -0.873. The minimum atomic E-state index is -1.48. The van der Waals surface area contributed by atoms with Crippen molar-refractivity contribution in [3.05, 3.63) is 0 Å². The van der Waals surface area contributed by atoms with Crippen LogP contribution in [-0.4, -0.2) is 98.7 Å². The molecule has 0 aliphatic carbocycles. The SMILES string of the molecule is CC[C@@H](C)CCCCCCCCCCC[C@@H](O)C(=O)N[C@@H](CO[C@@H]1O[C@@H]([C@H](O)CO)[C@H](O)[C@H]1O)[C@@H](O)CCCCCCCCCCCC[C@@H](C)CC. The van der Waals surface area contributed by atoms with Crippen LogP contribution in [0.5, 0.6) is 0 Å². The van der Waals surface area contributed by atoms with Crippen molar-refractivity contribution in [2.24, 2.45) is 11.8 Å². The van der Waals surface area contributed by atoms with Gasteiger partial charge in [0.15, 0.2) is 6.29 Å². The summed E-state index contributed by atoms with van der Waals surface area (Å²) in [6.45, 7) is 8.29. The first kappa shape index (κ1) is 49.2. The van der Waals surface area contributed by atoms with Gasteiger partial charge in [-0.2, -0.15) is 0 Å². The van der Waals surface area contributed by atoms with Crippen molar-refractivity contribution in [2.75, 3.05) is 13.2 Å². The number of amides is 1. The molecule has 0 bridgehead atoms. The van der Waals surface area contributed by atoms with Crippen LogP contribution in [0.25, 0.3) is 0 Å². The van der Waals surface area contributed by atoms with Crippen LogP contribution in [0.4, 0.5) is 0 Å². The van der Waals surface area contributed by atoms with Crippen molar-refractivity contribution in [1.29, 1.82) is 0 Å². The second-order valence-electron chi connectivity index (χ2n) is 16.1. The zero-order valence-electron chi connectivity index (χ0n) is 33.8. The summed E-state index contributed by atoms with van der Waals surface area (Å²) in [7, 11) is 0. The molecule has 10 atom stereocenters. The van der Waals surface area contributed by atoms with Crippen LogP contribution in [0, 0.1) is 11.8 Å². The highest BCUT2D eigenvalue weighted by Gasteiger charge is 2.46. The molecule has 0 aromatic carbocycles. The topological polar surface area (TPSA) is 169 Å². The Balaban J connectivity index is 2.44. The summed E-state index contributed by atoms with van der Waals surface area (Å²) in [5.74, 6) is 1.09. The highest BCUT2D eigenvalue weighted by Crippen LogP contribution is 2.25. The van der Waals surface area contributed by atoms with Gasteiger partial charge in [0.25, 0.3) is 0 Å². The lowest BCUT2D eigenvalue weighted by Gasteiger charge is -2.27. The first-order valence-electron chi connectivity index (χ1n) is 21.6. The minimum Gasteiger partial charge on any atom is -0.394 e. The summed E-state index contributed by atoms with van der Waals surface area (Å²) in [5, 5.41) is 64.3. The number of ether oxygens (including phenoxy) is 2. The molecule has 0 radical (unpaired) electrons. The van der Waals surface area contributed by atoms with Gasteiger partial charge in [-0.05, 0) is 24.7 Å². The van der Waals surface area contributed by atoms with Gasteiger partial charge < -0.3 is 45.4 Å². The predicted molar refractivity (Wildman–Crippen MR) is 209 cm³/mol. The van der Waals surface area contributed by atoms with E-state index in [1.165, 1.54) is 96.3 Å². The van der Waals surface area contributed by atoms with Gasteiger partial charge in [0.1, 0.15) is 30.5 Å². The first-order chi connectivity index (χ1) is 25.0. The minimum absolute atomic E-state index is 0.231. The molecule has 7 N–H and O–H groups in total. The lowest BCUT2D eigenvalue weighted by Crippen LogP contribution is -2.50. The lowest BCUT2D eigenvalue weighted by molar-refractivity contribution is -0.187. The van der Waals surface area contributed by atoms with Gasteiger partial charge in [-0.25, -0.2) is 0 Å². The summed E-state index contributed by atoms with van der Waals surface area (Å²) in [5.41, 5.74) is 0. The molecule has 0 aromatic rings. The Labute approximate surface area is 317 Å². The Morgan fingerprint density at radius 1 is 0.635 bits per heavy atom. The van der Waals surface area contributed by atoms with Gasteiger partial charge in [0.05, 0.1) is 25.4 Å². The molecule has 310 valence electrons. The van der Waals surface area contributed by atoms with E-state index in [-0.39, 0.29) is 6.61 Å². The molecule has 0 aromatic heterocycles. The molecule has 0 spiro atoms. The molecule has 1 heterocycles. The fourth-order valence-corrected chi connectivity index (χ4v) is 7.03. The molecule has 1 saturated heterocycles. The molecule has 1 amide bonds. The van der Waals surface area contributed by atoms with Crippen LogP contribution >= 0.6 is 0 Å². The third-order valence-electron chi connectivity index (χ3n) is 11.4. The van der Waals surface area contributed by atoms with Crippen LogP contribution in [-0.2, 0) is 14.3 Å². The molecule has 1 aliphatic rings. The zero-order valence-corrected chi connectivity index (χ0v) is 33.8. The Bertz CT molecular complexity index is 835. The Hall–Kier alpha value is -0.850. The van der Waals surface area contributed by atoms with E-state index in [4.69, 9.17) is 9.47 Å². The molecule has 0 saturated carbocycles. The normalized spacial score (nSPS) is 22.6. The fourth-order valence-electron chi connectivity index (χ4n) is 7.03. The monoisotopic (exact) mass is 746 g/mol. The lowest BCUT2D eigenvalue weighted by atomic mass is 9.99. The Morgan fingerprint density at radius 2 is 1.04 bits per heavy atom. The van der Waals surface area contributed by atoms with Crippen molar-refractivity contribution in [2.45, 2.75) is 237 Å². The number of aliphatic hydroxyl groups is 6. The summed E-state index contributed by atoms with van der Waals surface area (Å²) >= 11 is 0. The molecule has 0 unspecified atom stereocenters. The fraction of sp³-hybridized carbons (Fsp3) is 0.976. The number of hydrogen-bond acceptors (Lipinski definition) is 9. The molecule has 1 rings (SSSR count). The molecule has 52 heavy (non-hydrogen) atoms. The number of carbonyl (C=O) groups is 1. The zero-order chi connectivity index (χ0) is 38.6. The van der Waals surface area contributed by atoms with Gasteiger partial charge in [-0.1, -0.05) is 175 Å². The van der Waals surface area contributed by atoms with E-state index in [1.807, 2.05) is 0 Å². The average Bonchev–Trinajstić information content (AvgIpc) is 3.43. The van der Waals surface area contributed by atoms with Gasteiger partial charge in [0.2, 0.25) is 5.91 Å². The van der Waals surface area contributed by atoms with Crippen molar-refractivity contribution < 1.29 is 44.9 Å². The standard InChI is InChI=1S/C42H83NO9/c1-5-32(3)26-22-18-14-10-7-8-12-16-20-24-28-35(45)34(31-51-42-39(49)38(48)40(52-42)37(47)30-44)43-41(50)36(46)29-25-21-17-13-9-11-15-19-23-27-33(4)6-2/h32-40,42,44-49H,5-31H2,1-4H3,(H,43,50)/t32-,33+,34-,35-,36+,37+,38+,39+,40-,42+/m0/s1. The number of nitrogens with one attached hydrogen (secondary N) is 1. The largest absolute Gasteiger partial charge is 0.394 e. The average molecular weight is 746 g/mol. The Morgan fingerprint density at radius 3 is 1.46 bits per heavy atom. The van der Waals surface area contributed by atoms with E-state index in [0.29, 0.717) is 12.8 Å². The van der Waals surface area contributed by atoms with E-state index >= 15 is 0 Å². The number of rotatable bonds is 35. The maximum Gasteiger partial charge on any atom is 0.249 e. The van der Waals surface area contributed by atoms with E-state index in [9.17, 15) is 35.4 Å². The van der Waals surface area contributed by atoms with Crippen LogP contribution in [0.3, 0.4) is 0 Å². The molecular formula is C42H83NO9. The summed E-state index contributed by atoms with van der Waals surface area (Å²) in [6.07, 6.45) is 19.0. The van der Waals surface area contributed by atoms with Crippen molar-refractivity contribution in [1.82, 2.24) is 5.32 Å². The first-order valence-corrected chi connectivity index (χ1v) is 21.6. The predicted octanol–water partition coefficient (Wildman–Crippen LogP) is 7.07. The van der Waals surface area contributed by atoms with Gasteiger partial charge >= 0.3 is 0 Å². The Kier molecular flexibility index (Phi) is 29.7. The van der Waals surface area contributed by atoms with Gasteiger partial charge in [-0.3, -0.25) is 4.79 Å². The van der Waals surface area contributed by atoms with E-state index < -0.39 is 61.5 Å². The van der Waals surface area contributed by atoms with Crippen LogP contribution in [0.15, 0.2) is 0 Å². The number of carbonyl (C=O) groups excluding carboxylic acids is 1. The maximum absolute atomic E-state index is 13.0. The van der Waals surface area contributed by atoms with E-state index in [1.54, 1.807) is 0 Å². The maximum atomic E-state index is 13.0. The van der Waals surface area contributed by atoms with Gasteiger partial charge in [-0.15, -0.1) is 0 Å². The van der Waals surface area contributed by atoms with E-state index in [0.717, 1.165) is 63.2 Å². The van der Waals surface area contributed by atoms with Crippen molar-refractivity contribution in [3.8, 4) is 0 Å². The number of hydrogen-bond donors (Lipinski definition) is 7. The van der Waals surface area contributed by atoms with Crippen molar-refractivity contribution >= 4 is 5.91 Å². The molecule has 1 aliphatic heterocycles. The number of aliphatic hydroxyl groups excluding tert-OH is 6.